The second-order valence-electron chi connectivity index (χ2n) is 11.7. The highest BCUT2D eigenvalue weighted by Crippen LogP contribution is 2.63. The third kappa shape index (κ3) is 4.79. The van der Waals surface area contributed by atoms with Crippen LogP contribution in [0.4, 0.5) is 0 Å². The zero-order valence-electron chi connectivity index (χ0n) is 18.9. The number of rotatable bonds is 7. The summed E-state index contributed by atoms with van der Waals surface area (Å²) in [4.78, 5) is 0. The Balaban J connectivity index is 2.89. The SMILES string of the molecule is CCC1(C)C(CC(C)C(C)CC(C)(C)C)CC(CC(C)C)C1(C)C. The van der Waals surface area contributed by atoms with Crippen molar-refractivity contribution in [2.24, 2.45) is 45.8 Å². The molecular formula is C24H48. The fraction of sp³-hybridized carbons (Fsp3) is 1.00. The van der Waals surface area contributed by atoms with E-state index >= 15 is 0 Å². The fourth-order valence-corrected chi connectivity index (χ4v) is 5.80. The minimum atomic E-state index is 0.455. The van der Waals surface area contributed by atoms with E-state index in [-0.39, 0.29) is 0 Å². The summed E-state index contributed by atoms with van der Waals surface area (Å²) < 4.78 is 0. The fourth-order valence-electron chi connectivity index (χ4n) is 5.80. The molecule has 0 nitrogen and oxygen atoms in total. The lowest BCUT2D eigenvalue weighted by atomic mass is 9.59. The second kappa shape index (κ2) is 7.71. The van der Waals surface area contributed by atoms with Crippen LogP contribution >= 0.6 is 0 Å². The first-order valence-electron chi connectivity index (χ1n) is 10.7. The first-order valence-corrected chi connectivity index (χ1v) is 10.7. The average Bonchev–Trinajstić information content (AvgIpc) is 2.58. The molecule has 0 radical (unpaired) electrons. The van der Waals surface area contributed by atoms with Crippen LogP contribution in [0, 0.1) is 45.8 Å². The van der Waals surface area contributed by atoms with Crippen LogP contribution in [0.25, 0.3) is 0 Å². The molecule has 0 aromatic carbocycles. The zero-order chi connectivity index (χ0) is 18.9. The molecule has 24 heavy (non-hydrogen) atoms. The van der Waals surface area contributed by atoms with Gasteiger partial charge < -0.3 is 0 Å². The monoisotopic (exact) mass is 336 g/mol. The predicted octanol–water partition coefficient (Wildman–Crippen LogP) is 8.21. The molecule has 1 saturated carbocycles. The summed E-state index contributed by atoms with van der Waals surface area (Å²) in [6, 6.07) is 0. The van der Waals surface area contributed by atoms with Crippen molar-refractivity contribution in [1.29, 1.82) is 0 Å². The molecule has 0 heteroatoms. The van der Waals surface area contributed by atoms with Crippen molar-refractivity contribution in [3.63, 3.8) is 0 Å². The molecule has 5 unspecified atom stereocenters. The van der Waals surface area contributed by atoms with Crippen LogP contribution in [0.15, 0.2) is 0 Å². The van der Waals surface area contributed by atoms with E-state index < -0.39 is 0 Å². The van der Waals surface area contributed by atoms with E-state index in [1.807, 2.05) is 0 Å². The van der Waals surface area contributed by atoms with Crippen molar-refractivity contribution in [3.8, 4) is 0 Å². The summed E-state index contributed by atoms with van der Waals surface area (Å²) in [5.41, 5.74) is 1.43. The van der Waals surface area contributed by atoms with E-state index in [0.717, 1.165) is 29.6 Å². The third-order valence-electron chi connectivity index (χ3n) is 8.02. The minimum Gasteiger partial charge on any atom is -0.0648 e. The summed E-state index contributed by atoms with van der Waals surface area (Å²) in [5, 5.41) is 0. The Kier molecular flexibility index (Phi) is 7.08. The molecule has 0 spiro atoms. The lowest BCUT2D eigenvalue weighted by Crippen LogP contribution is -2.38. The van der Waals surface area contributed by atoms with E-state index in [0.29, 0.717) is 16.2 Å². The molecule has 0 N–H and O–H groups in total. The highest BCUT2D eigenvalue weighted by Gasteiger charge is 2.55. The van der Waals surface area contributed by atoms with Crippen molar-refractivity contribution in [1.82, 2.24) is 0 Å². The van der Waals surface area contributed by atoms with Crippen LogP contribution in [0.1, 0.15) is 108 Å². The average molecular weight is 337 g/mol. The van der Waals surface area contributed by atoms with Gasteiger partial charge in [-0.3, -0.25) is 0 Å². The van der Waals surface area contributed by atoms with Gasteiger partial charge in [-0.2, -0.15) is 0 Å². The molecule has 1 fully saturated rings. The molecule has 0 bridgehead atoms. The maximum Gasteiger partial charge on any atom is -0.0246 e. The van der Waals surface area contributed by atoms with E-state index in [9.17, 15) is 0 Å². The van der Waals surface area contributed by atoms with Crippen molar-refractivity contribution in [2.75, 3.05) is 0 Å². The predicted molar refractivity (Wildman–Crippen MR) is 110 cm³/mol. The van der Waals surface area contributed by atoms with Crippen LogP contribution in [-0.4, -0.2) is 0 Å². The molecule has 1 aliphatic carbocycles. The second-order valence-corrected chi connectivity index (χ2v) is 11.7. The zero-order valence-corrected chi connectivity index (χ0v) is 18.9. The topological polar surface area (TPSA) is 0 Å². The summed E-state index contributed by atoms with van der Waals surface area (Å²) in [7, 11) is 0. The van der Waals surface area contributed by atoms with Gasteiger partial charge in [0, 0.05) is 0 Å². The summed E-state index contributed by atoms with van der Waals surface area (Å²) >= 11 is 0. The van der Waals surface area contributed by atoms with Crippen LogP contribution in [0.3, 0.4) is 0 Å². The van der Waals surface area contributed by atoms with Crippen molar-refractivity contribution >= 4 is 0 Å². The van der Waals surface area contributed by atoms with Gasteiger partial charge in [0.2, 0.25) is 0 Å². The van der Waals surface area contributed by atoms with Crippen LogP contribution < -0.4 is 0 Å². The molecule has 1 rings (SSSR count). The van der Waals surface area contributed by atoms with Crippen LogP contribution in [0.2, 0.25) is 0 Å². The normalized spacial score (nSPS) is 33.0. The van der Waals surface area contributed by atoms with Crippen molar-refractivity contribution in [3.05, 3.63) is 0 Å². The molecule has 5 atom stereocenters. The van der Waals surface area contributed by atoms with E-state index in [2.05, 4.69) is 76.2 Å². The largest absolute Gasteiger partial charge is 0.0648 e. The van der Waals surface area contributed by atoms with Gasteiger partial charge >= 0.3 is 0 Å². The molecular weight excluding hydrogens is 288 g/mol. The molecule has 1 aliphatic rings. The van der Waals surface area contributed by atoms with Gasteiger partial charge in [0.15, 0.2) is 0 Å². The number of hydrogen-bond acceptors (Lipinski definition) is 0. The highest BCUT2D eigenvalue weighted by atomic mass is 14.6. The van der Waals surface area contributed by atoms with E-state index in [1.54, 1.807) is 0 Å². The molecule has 0 aromatic heterocycles. The van der Waals surface area contributed by atoms with Crippen molar-refractivity contribution in [2.45, 2.75) is 108 Å². The van der Waals surface area contributed by atoms with Gasteiger partial charge in [-0.1, -0.05) is 76.2 Å². The lowest BCUT2D eigenvalue weighted by Gasteiger charge is -2.45. The van der Waals surface area contributed by atoms with Gasteiger partial charge in [0.25, 0.3) is 0 Å². The maximum atomic E-state index is 2.61. The Morgan fingerprint density at radius 2 is 1.42 bits per heavy atom. The maximum absolute atomic E-state index is 2.61. The Labute approximate surface area is 154 Å². The Morgan fingerprint density at radius 3 is 1.83 bits per heavy atom. The molecule has 0 heterocycles. The smallest absolute Gasteiger partial charge is 0.0246 e. The summed E-state index contributed by atoms with van der Waals surface area (Å²) in [6.07, 6.45) is 6.98. The van der Waals surface area contributed by atoms with Gasteiger partial charge in [0.1, 0.15) is 0 Å². The van der Waals surface area contributed by atoms with Gasteiger partial charge in [-0.05, 0) is 77.9 Å². The van der Waals surface area contributed by atoms with Crippen LogP contribution in [-0.2, 0) is 0 Å². The van der Waals surface area contributed by atoms with Gasteiger partial charge in [-0.15, -0.1) is 0 Å². The quantitative estimate of drug-likeness (QED) is 0.439. The van der Waals surface area contributed by atoms with Crippen molar-refractivity contribution < 1.29 is 0 Å². The third-order valence-corrected chi connectivity index (χ3v) is 8.02. The molecule has 0 saturated heterocycles. The van der Waals surface area contributed by atoms with Crippen LogP contribution in [0.5, 0.6) is 0 Å². The number of hydrogen-bond donors (Lipinski definition) is 0. The Hall–Kier alpha value is 0. The Bertz CT molecular complexity index is 383. The minimum absolute atomic E-state index is 0.455. The molecule has 0 amide bonds. The summed E-state index contributed by atoms with van der Waals surface area (Å²) in [6.45, 7) is 27.2. The van der Waals surface area contributed by atoms with E-state index in [1.165, 1.54) is 32.1 Å². The Morgan fingerprint density at radius 1 is 0.875 bits per heavy atom. The van der Waals surface area contributed by atoms with Gasteiger partial charge in [0.05, 0.1) is 0 Å². The van der Waals surface area contributed by atoms with Gasteiger partial charge in [-0.25, -0.2) is 0 Å². The first kappa shape index (κ1) is 22.0. The molecule has 144 valence electrons. The lowest BCUT2D eigenvalue weighted by molar-refractivity contribution is 0.0358. The first-order chi connectivity index (χ1) is 10.7. The van der Waals surface area contributed by atoms with E-state index in [4.69, 9.17) is 0 Å². The summed E-state index contributed by atoms with van der Waals surface area (Å²) in [5.74, 6) is 4.30. The highest BCUT2D eigenvalue weighted by molar-refractivity contribution is 5.04. The molecule has 0 aromatic rings. The molecule has 0 aliphatic heterocycles. The standard InChI is InChI=1S/C24H48/c1-12-24(11)21(14-18(4)19(5)16-22(6,7)8)15-20(13-17(2)3)23(24,9)10/h17-21H,12-16H2,1-11H3.